The molecule has 162 valence electrons. The van der Waals surface area contributed by atoms with E-state index in [1.165, 1.54) is 11.1 Å². The summed E-state index contributed by atoms with van der Waals surface area (Å²) >= 11 is 0. The molecular weight excluding hydrogens is 376 g/mol. The summed E-state index contributed by atoms with van der Waals surface area (Å²) < 4.78 is 5.45. The first-order valence-corrected chi connectivity index (χ1v) is 10.4. The number of nitrogens with zero attached hydrogens (tertiary/aromatic N) is 2. The lowest BCUT2D eigenvalue weighted by Crippen LogP contribution is -2.38. The van der Waals surface area contributed by atoms with Crippen LogP contribution in [0.4, 0.5) is 0 Å². The number of carbonyl (C=O) groups is 1. The highest BCUT2D eigenvalue weighted by Gasteiger charge is 2.08. The minimum absolute atomic E-state index is 0.0197. The average Bonchev–Trinajstić information content (AvgIpc) is 2.73. The number of aliphatic imine (C=N–C) groups is 1. The fraction of sp³-hybridized carbons (Fsp3) is 0.417. The summed E-state index contributed by atoms with van der Waals surface area (Å²) in [6.45, 7) is 6.34. The summed E-state index contributed by atoms with van der Waals surface area (Å²) in [5.74, 6) is 1.72. The second kappa shape index (κ2) is 11.9. The maximum absolute atomic E-state index is 12.1. The van der Waals surface area contributed by atoms with Gasteiger partial charge in [-0.2, -0.15) is 0 Å². The summed E-state index contributed by atoms with van der Waals surface area (Å²) in [6.07, 6.45) is 1.63. The van der Waals surface area contributed by atoms with Crippen molar-refractivity contribution < 1.29 is 9.53 Å². The summed E-state index contributed by atoms with van der Waals surface area (Å²) in [7, 11) is 5.23. The number of guanidine groups is 1. The van der Waals surface area contributed by atoms with Crippen molar-refractivity contribution in [1.82, 2.24) is 15.5 Å². The van der Waals surface area contributed by atoms with Crippen molar-refractivity contribution in [2.75, 3.05) is 40.8 Å². The molecule has 0 saturated carbocycles. The third-order valence-corrected chi connectivity index (χ3v) is 4.72. The van der Waals surface area contributed by atoms with Crippen LogP contribution >= 0.6 is 0 Å². The van der Waals surface area contributed by atoms with Crippen LogP contribution in [0.2, 0.25) is 0 Å². The normalized spacial score (nSPS) is 11.2. The Morgan fingerprint density at radius 3 is 2.60 bits per heavy atom. The van der Waals surface area contributed by atoms with Gasteiger partial charge in [0.15, 0.2) is 5.96 Å². The molecule has 6 nitrogen and oxygen atoms in total. The van der Waals surface area contributed by atoms with Crippen molar-refractivity contribution in [2.24, 2.45) is 4.99 Å². The van der Waals surface area contributed by atoms with Gasteiger partial charge >= 0.3 is 0 Å². The van der Waals surface area contributed by atoms with Gasteiger partial charge in [-0.1, -0.05) is 29.8 Å². The molecule has 0 aromatic heterocycles. The van der Waals surface area contributed by atoms with Crippen LogP contribution in [0.15, 0.2) is 47.5 Å². The van der Waals surface area contributed by atoms with Gasteiger partial charge < -0.3 is 20.3 Å². The third kappa shape index (κ3) is 7.10. The molecule has 0 aliphatic carbocycles. The average molecular weight is 411 g/mol. The van der Waals surface area contributed by atoms with Crippen molar-refractivity contribution in [3.8, 4) is 5.75 Å². The highest BCUT2D eigenvalue weighted by atomic mass is 16.5. The Balaban J connectivity index is 1.92. The molecule has 6 heteroatoms. The first-order chi connectivity index (χ1) is 14.4. The standard InChI is InChI=1S/C24H34N4O2/c1-6-25-24(27-15-13-20-16-18(2)10-11-22(20)30-5)26-14-12-19-8-7-9-21(17-19)23(29)28(3)4/h7-11,16-17H,6,12-15H2,1-5H3,(H2,25,26,27). The van der Waals surface area contributed by atoms with Gasteiger partial charge in [0, 0.05) is 39.3 Å². The molecule has 0 aliphatic rings. The molecule has 1 amide bonds. The molecular formula is C24H34N4O2. The number of aryl methyl sites for hydroxylation is 1. The molecule has 2 rings (SSSR count). The molecule has 2 aromatic carbocycles. The Morgan fingerprint density at radius 2 is 1.90 bits per heavy atom. The lowest BCUT2D eigenvalue weighted by atomic mass is 10.1. The van der Waals surface area contributed by atoms with Crippen molar-refractivity contribution in [3.05, 3.63) is 64.7 Å². The molecule has 2 N–H and O–H groups in total. The molecule has 0 aliphatic heterocycles. The fourth-order valence-corrected chi connectivity index (χ4v) is 3.18. The molecule has 0 atom stereocenters. The van der Waals surface area contributed by atoms with E-state index >= 15 is 0 Å². The number of amides is 1. The minimum Gasteiger partial charge on any atom is -0.496 e. The number of ether oxygens (including phenoxy) is 1. The van der Waals surface area contributed by atoms with Crippen LogP contribution in [-0.4, -0.2) is 57.6 Å². The first-order valence-electron chi connectivity index (χ1n) is 10.4. The molecule has 0 heterocycles. The maximum atomic E-state index is 12.1. The molecule has 0 radical (unpaired) electrons. The monoisotopic (exact) mass is 410 g/mol. The van der Waals surface area contributed by atoms with E-state index in [4.69, 9.17) is 9.73 Å². The van der Waals surface area contributed by atoms with Crippen LogP contribution < -0.4 is 15.4 Å². The van der Waals surface area contributed by atoms with Crippen LogP contribution in [0, 0.1) is 6.92 Å². The lowest BCUT2D eigenvalue weighted by molar-refractivity contribution is 0.0827. The van der Waals surface area contributed by atoms with E-state index in [-0.39, 0.29) is 5.91 Å². The van der Waals surface area contributed by atoms with Crippen LogP contribution in [0.1, 0.15) is 34.0 Å². The van der Waals surface area contributed by atoms with Gasteiger partial charge in [-0.15, -0.1) is 0 Å². The van der Waals surface area contributed by atoms with Gasteiger partial charge in [0.2, 0.25) is 0 Å². The molecule has 0 bridgehead atoms. The lowest BCUT2D eigenvalue weighted by Gasteiger charge is -2.13. The van der Waals surface area contributed by atoms with E-state index in [9.17, 15) is 4.79 Å². The zero-order valence-electron chi connectivity index (χ0n) is 18.8. The highest BCUT2D eigenvalue weighted by Crippen LogP contribution is 2.20. The highest BCUT2D eigenvalue weighted by molar-refractivity contribution is 5.94. The molecule has 0 spiro atoms. The van der Waals surface area contributed by atoms with Gasteiger partial charge in [0.05, 0.1) is 7.11 Å². The summed E-state index contributed by atoms with van der Waals surface area (Å²) in [5.41, 5.74) is 4.22. The van der Waals surface area contributed by atoms with Crippen LogP contribution in [0.25, 0.3) is 0 Å². The Kier molecular flexibility index (Phi) is 9.19. The van der Waals surface area contributed by atoms with Crippen molar-refractivity contribution in [2.45, 2.75) is 26.7 Å². The van der Waals surface area contributed by atoms with E-state index in [0.717, 1.165) is 43.2 Å². The zero-order valence-corrected chi connectivity index (χ0v) is 18.8. The second-order valence-corrected chi connectivity index (χ2v) is 7.40. The van der Waals surface area contributed by atoms with Gasteiger partial charge in [-0.3, -0.25) is 9.79 Å². The van der Waals surface area contributed by atoms with Gasteiger partial charge in [0.1, 0.15) is 5.75 Å². The number of nitrogens with one attached hydrogen (secondary N) is 2. The number of methoxy groups -OCH3 is 1. The van der Waals surface area contributed by atoms with E-state index in [2.05, 4.69) is 36.6 Å². The third-order valence-electron chi connectivity index (χ3n) is 4.72. The van der Waals surface area contributed by atoms with Crippen LogP contribution in [-0.2, 0) is 12.8 Å². The number of hydrogen-bond donors (Lipinski definition) is 2. The Labute approximate surface area is 180 Å². The fourth-order valence-electron chi connectivity index (χ4n) is 3.18. The second-order valence-electron chi connectivity index (χ2n) is 7.40. The van der Waals surface area contributed by atoms with Crippen molar-refractivity contribution >= 4 is 11.9 Å². The first kappa shape index (κ1) is 23.3. The van der Waals surface area contributed by atoms with Crippen LogP contribution in [0.3, 0.4) is 0 Å². The Bertz CT molecular complexity index is 862. The van der Waals surface area contributed by atoms with Crippen LogP contribution in [0.5, 0.6) is 5.75 Å². The Morgan fingerprint density at radius 1 is 1.10 bits per heavy atom. The molecule has 0 fully saturated rings. The number of hydrogen-bond acceptors (Lipinski definition) is 3. The number of carbonyl (C=O) groups excluding carboxylic acids is 1. The topological polar surface area (TPSA) is 66.0 Å². The van der Waals surface area contributed by atoms with E-state index in [1.807, 2.05) is 30.3 Å². The van der Waals surface area contributed by atoms with E-state index < -0.39 is 0 Å². The Hall–Kier alpha value is -3.02. The minimum atomic E-state index is 0.0197. The van der Waals surface area contributed by atoms with Crippen molar-refractivity contribution in [3.63, 3.8) is 0 Å². The smallest absolute Gasteiger partial charge is 0.253 e. The zero-order chi connectivity index (χ0) is 21.9. The van der Waals surface area contributed by atoms with E-state index in [1.54, 1.807) is 26.1 Å². The SMILES string of the molecule is CCNC(=NCCc1cc(C)ccc1OC)NCCc1cccc(C(=O)N(C)C)c1. The maximum Gasteiger partial charge on any atom is 0.253 e. The molecule has 2 aromatic rings. The predicted molar refractivity (Wildman–Crippen MR) is 124 cm³/mol. The number of benzene rings is 2. The van der Waals surface area contributed by atoms with Gasteiger partial charge in [-0.25, -0.2) is 0 Å². The summed E-state index contributed by atoms with van der Waals surface area (Å²) in [6, 6.07) is 14.0. The predicted octanol–water partition coefficient (Wildman–Crippen LogP) is 3.05. The quantitative estimate of drug-likeness (QED) is 0.493. The summed E-state index contributed by atoms with van der Waals surface area (Å²) in [4.78, 5) is 18.4. The van der Waals surface area contributed by atoms with Crippen molar-refractivity contribution in [1.29, 1.82) is 0 Å². The molecule has 0 unspecified atom stereocenters. The number of rotatable bonds is 9. The summed E-state index contributed by atoms with van der Waals surface area (Å²) in [5, 5.41) is 6.67. The largest absolute Gasteiger partial charge is 0.496 e. The van der Waals surface area contributed by atoms with Gasteiger partial charge in [0.25, 0.3) is 5.91 Å². The van der Waals surface area contributed by atoms with E-state index in [0.29, 0.717) is 12.1 Å². The van der Waals surface area contributed by atoms with Gasteiger partial charge in [-0.05, 0) is 56.0 Å². The molecule has 0 saturated heterocycles. The molecule has 30 heavy (non-hydrogen) atoms.